The number of nitrogens with one attached hydrogen (secondary N) is 1. The van der Waals surface area contributed by atoms with Crippen LogP contribution in [0.2, 0.25) is 0 Å². The van der Waals surface area contributed by atoms with Crippen molar-refractivity contribution in [2.24, 2.45) is 0 Å². The molecular formula is C21H20N6O2. The van der Waals surface area contributed by atoms with Gasteiger partial charge in [0.05, 0.1) is 12.8 Å². The molecule has 2 aromatic heterocycles. The molecule has 29 heavy (non-hydrogen) atoms. The number of tetrazole rings is 1. The van der Waals surface area contributed by atoms with Crippen molar-refractivity contribution in [2.45, 2.75) is 13.1 Å². The van der Waals surface area contributed by atoms with Gasteiger partial charge in [0.2, 0.25) is 0 Å². The van der Waals surface area contributed by atoms with E-state index in [1.165, 1.54) is 10.2 Å². The topological polar surface area (TPSA) is 87.0 Å². The number of aromatic nitrogens is 5. The van der Waals surface area contributed by atoms with Crippen LogP contribution in [0.3, 0.4) is 0 Å². The summed E-state index contributed by atoms with van der Waals surface area (Å²) in [5, 5.41) is 15.1. The molecule has 0 bridgehead atoms. The van der Waals surface area contributed by atoms with Gasteiger partial charge in [-0.1, -0.05) is 29.4 Å². The van der Waals surface area contributed by atoms with Crippen molar-refractivity contribution in [3.8, 4) is 23.2 Å². The monoisotopic (exact) mass is 388 g/mol. The Morgan fingerprint density at radius 3 is 2.48 bits per heavy atom. The maximum Gasteiger partial charge on any atom is 0.346 e. The molecule has 0 aliphatic rings. The van der Waals surface area contributed by atoms with Gasteiger partial charge in [-0.05, 0) is 58.0 Å². The van der Waals surface area contributed by atoms with Crippen LogP contribution in [0.1, 0.15) is 11.1 Å². The van der Waals surface area contributed by atoms with Gasteiger partial charge in [0.1, 0.15) is 0 Å². The van der Waals surface area contributed by atoms with Crippen molar-refractivity contribution in [1.82, 2.24) is 30.5 Å². The highest BCUT2D eigenvalue weighted by molar-refractivity contribution is 5.44. The Hall–Kier alpha value is -3.78. The van der Waals surface area contributed by atoms with E-state index in [4.69, 9.17) is 9.47 Å². The smallest absolute Gasteiger partial charge is 0.346 e. The molecular weight excluding hydrogens is 368 g/mol. The fraction of sp³-hybridized carbons (Fsp3) is 0.143. The van der Waals surface area contributed by atoms with E-state index in [2.05, 4.69) is 25.8 Å². The summed E-state index contributed by atoms with van der Waals surface area (Å²) in [4.78, 5) is 4.03. The number of benzene rings is 2. The molecule has 0 saturated heterocycles. The number of rotatable bonds is 8. The van der Waals surface area contributed by atoms with Gasteiger partial charge in [0.15, 0.2) is 11.5 Å². The summed E-state index contributed by atoms with van der Waals surface area (Å²) < 4.78 is 13.0. The Balaban J connectivity index is 1.46. The summed E-state index contributed by atoms with van der Waals surface area (Å²) in [6.45, 7) is 1.45. The Morgan fingerprint density at radius 2 is 1.69 bits per heavy atom. The molecule has 0 spiro atoms. The largest absolute Gasteiger partial charge is 0.493 e. The van der Waals surface area contributed by atoms with Crippen molar-refractivity contribution in [2.75, 3.05) is 7.11 Å². The SMILES string of the molecule is COc1cc(CNCc2ccncc2)ccc1Oc1nnnn1-c1ccccc1. The predicted octanol–water partition coefficient (Wildman–Crippen LogP) is 3.15. The first-order valence-electron chi connectivity index (χ1n) is 9.11. The molecule has 0 saturated carbocycles. The van der Waals surface area contributed by atoms with Gasteiger partial charge in [-0.3, -0.25) is 4.98 Å². The molecule has 2 aromatic carbocycles. The summed E-state index contributed by atoms with van der Waals surface area (Å²) in [7, 11) is 1.61. The summed E-state index contributed by atoms with van der Waals surface area (Å²) in [6.07, 6.45) is 3.57. The van der Waals surface area contributed by atoms with Crippen molar-refractivity contribution in [3.05, 3.63) is 84.2 Å². The third-order valence-electron chi connectivity index (χ3n) is 4.28. The number of nitrogens with zero attached hydrogens (tertiary/aromatic N) is 5. The zero-order valence-electron chi connectivity index (χ0n) is 15.9. The van der Waals surface area contributed by atoms with Crippen LogP contribution >= 0.6 is 0 Å². The van der Waals surface area contributed by atoms with Crippen LogP contribution in [-0.2, 0) is 13.1 Å². The highest BCUT2D eigenvalue weighted by Gasteiger charge is 2.14. The Morgan fingerprint density at radius 1 is 0.897 bits per heavy atom. The van der Waals surface area contributed by atoms with Crippen LogP contribution in [0, 0.1) is 0 Å². The lowest BCUT2D eigenvalue weighted by Crippen LogP contribution is -2.12. The lowest BCUT2D eigenvalue weighted by atomic mass is 10.2. The maximum absolute atomic E-state index is 5.93. The second-order valence-corrected chi connectivity index (χ2v) is 6.26. The lowest BCUT2D eigenvalue weighted by molar-refractivity contribution is 0.362. The molecule has 0 atom stereocenters. The second kappa shape index (κ2) is 8.94. The van der Waals surface area contributed by atoms with Gasteiger partial charge in [-0.2, -0.15) is 4.68 Å². The first-order chi connectivity index (χ1) is 14.3. The van der Waals surface area contributed by atoms with E-state index >= 15 is 0 Å². The first-order valence-corrected chi connectivity index (χ1v) is 9.11. The Bertz CT molecular complexity index is 1050. The molecule has 8 nitrogen and oxygen atoms in total. The highest BCUT2D eigenvalue weighted by atomic mass is 16.5. The quantitative estimate of drug-likeness (QED) is 0.496. The van der Waals surface area contributed by atoms with E-state index < -0.39 is 0 Å². The molecule has 0 radical (unpaired) electrons. The van der Waals surface area contributed by atoms with Crippen LogP contribution in [0.4, 0.5) is 0 Å². The second-order valence-electron chi connectivity index (χ2n) is 6.26. The fourth-order valence-corrected chi connectivity index (χ4v) is 2.83. The van der Waals surface area contributed by atoms with Gasteiger partial charge in [0, 0.05) is 25.5 Å². The summed E-state index contributed by atoms with van der Waals surface area (Å²) in [5.41, 5.74) is 3.06. The standard InChI is InChI=1S/C21H20N6O2/c1-28-20-13-17(15-23-14-16-9-11-22-12-10-16)7-8-19(20)29-21-24-25-26-27(21)18-5-3-2-4-6-18/h2-13,23H,14-15H2,1H3. The molecule has 8 heteroatoms. The zero-order chi connectivity index (χ0) is 19.9. The van der Waals surface area contributed by atoms with E-state index in [1.807, 2.05) is 60.7 Å². The number of hydrogen-bond acceptors (Lipinski definition) is 7. The molecule has 4 rings (SSSR count). The Kier molecular flexibility index (Phi) is 5.73. The lowest BCUT2D eigenvalue weighted by Gasteiger charge is -2.12. The number of pyridine rings is 1. The normalized spacial score (nSPS) is 10.7. The van der Waals surface area contributed by atoms with E-state index in [0.717, 1.165) is 17.8 Å². The van der Waals surface area contributed by atoms with Gasteiger partial charge >= 0.3 is 6.01 Å². The molecule has 1 N–H and O–H groups in total. The molecule has 2 heterocycles. The molecule has 0 unspecified atom stereocenters. The zero-order valence-corrected chi connectivity index (χ0v) is 15.9. The van der Waals surface area contributed by atoms with E-state index in [9.17, 15) is 0 Å². The number of para-hydroxylation sites is 1. The molecule has 0 aliphatic heterocycles. The van der Waals surface area contributed by atoms with Gasteiger partial charge in [-0.15, -0.1) is 0 Å². The third kappa shape index (κ3) is 4.56. The summed E-state index contributed by atoms with van der Waals surface area (Å²) in [5.74, 6) is 1.15. The number of ether oxygens (including phenoxy) is 2. The maximum atomic E-state index is 5.93. The summed E-state index contributed by atoms with van der Waals surface area (Å²) in [6, 6.07) is 19.6. The average molecular weight is 388 g/mol. The first kappa shape index (κ1) is 18.6. The minimum Gasteiger partial charge on any atom is -0.493 e. The van der Waals surface area contributed by atoms with E-state index in [-0.39, 0.29) is 6.01 Å². The van der Waals surface area contributed by atoms with Crippen molar-refractivity contribution in [3.63, 3.8) is 0 Å². The highest BCUT2D eigenvalue weighted by Crippen LogP contribution is 2.32. The van der Waals surface area contributed by atoms with E-state index in [1.54, 1.807) is 19.5 Å². The van der Waals surface area contributed by atoms with Crippen molar-refractivity contribution >= 4 is 0 Å². The van der Waals surface area contributed by atoms with Crippen LogP contribution in [0.15, 0.2) is 73.1 Å². The van der Waals surface area contributed by atoms with Crippen molar-refractivity contribution in [1.29, 1.82) is 0 Å². The minimum absolute atomic E-state index is 0.262. The average Bonchev–Trinajstić information content (AvgIpc) is 3.24. The van der Waals surface area contributed by atoms with Crippen LogP contribution in [0.5, 0.6) is 17.5 Å². The molecule has 0 fully saturated rings. The molecule has 4 aromatic rings. The Labute approximate surface area is 168 Å². The van der Waals surface area contributed by atoms with Crippen LogP contribution < -0.4 is 14.8 Å². The third-order valence-corrected chi connectivity index (χ3v) is 4.28. The van der Waals surface area contributed by atoms with Gasteiger partial charge in [0.25, 0.3) is 0 Å². The summed E-state index contributed by atoms with van der Waals surface area (Å²) >= 11 is 0. The molecule has 0 amide bonds. The van der Waals surface area contributed by atoms with E-state index in [0.29, 0.717) is 18.0 Å². The molecule has 146 valence electrons. The van der Waals surface area contributed by atoms with Gasteiger partial charge < -0.3 is 14.8 Å². The van der Waals surface area contributed by atoms with Crippen LogP contribution in [0.25, 0.3) is 5.69 Å². The number of methoxy groups -OCH3 is 1. The van der Waals surface area contributed by atoms with Gasteiger partial charge in [-0.25, -0.2) is 0 Å². The van der Waals surface area contributed by atoms with Crippen LogP contribution in [-0.4, -0.2) is 32.3 Å². The number of hydrogen-bond donors (Lipinski definition) is 1. The minimum atomic E-state index is 0.262. The fourth-order valence-electron chi connectivity index (χ4n) is 2.83. The molecule has 0 aliphatic carbocycles. The predicted molar refractivity (Wildman–Crippen MR) is 107 cm³/mol. The van der Waals surface area contributed by atoms with Crippen molar-refractivity contribution < 1.29 is 9.47 Å².